The van der Waals surface area contributed by atoms with Gasteiger partial charge in [-0.2, -0.15) is 4.31 Å². The third kappa shape index (κ3) is 4.37. The van der Waals surface area contributed by atoms with Crippen molar-refractivity contribution in [2.45, 2.75) is 38.1 Å². The van der Waals surface area contributed by atoms with Crippen molar-refractivity contribution in [1.82, 2.24) is 4.31 Å². The zero-order valence-corrected chi connectivity index (χ0v) is 17.4. The molecule has 0 unspecified atom stereocenters. The van der Waals surface area contributed by atoms with Crippen LogP contribution in [-0.2, 0) is 16.6 Å². The normalized spacial score (nSPS) is 16.6. The van der Waals surface area contributed by atoms with Crippen molar-refractivity contribution in [3.63, 3.8) is 0 Å². The minimum atomic E-state index is -3.68. The van der Waals surface area contributed by atoms with Crippen LogP contribution in [0, 0.1) is 12.7 Å². The van der Waals surface area contributed by atoms with Crippen LogP contribution in [0.4, 0.5) is 4.39 Å². The van der Waals surface area contributed by atoms with Gasteiger partial charge < -0.3 is 10.0 Å². The van der Waals surface area contributed by atoms with E-state index in [0.29, 0.717) is 44.4 Å². The molecule has 1 aliphatic heterocycles. The van der Waals surface area contributed by atoms with Gasteiger partial charge in [-0.25, -0.2) is 12.8 Å². The second-order valence-electron chi connectivity index (χ2n) is 7.78. The minimum Gasteiger partial charge on any atom is -0.507 e. The second-order valence-corrected chi connectivity index (χ2v) is 9.72. The van der Waals surface area contributed by atoms with Gasteiger partial charge in [0, 0.05) is 5.56 Å². The predicted molar refractivity (Wildman–Crippen MR) is 106 cm³/mol. The maximum absolute atomic E-state index is 13.4. The number of hydrogen-bond donors (Lipinski definition) is 2. The first-order valence-corrected chi connectivity index (χ1v) is 11.0. The van der Waals surface area contributed by atoms with Crippen LogP contribution in [0.25, 0.3) is 0 Å². The van der Waals surface area contributed by atoms with Crippen molar-refractivity contribution in [3.8, 4) is 5.75 Å². The highest BCUT2D eigenvalue weighted by Crippen LogP contribution is 2.27. The number of quaternary nitrogens is 1. The van der Waals surface area contributed by atoms with Gasteiger partial charge >= 0.3 is 0 Å². The summed E-state index contributed by atoms with van der Waals surface area (Å²) in [5.74, 6) is 0.118. The zero-order chi connectivity index (χ0) is 20.5. The average molecular weight is 408 g/mol. The molecule has 0 saturated carbocycles. The van der Waals surface area contributed by atoms with E-state index >= 15 is 0 Å². The Morgan fingerprint density at radius 1 is 1.18 bits per heavy atom. The van der Waals surface area contributed by atoms with Crippen LogP contribution in [-0.4, -0.2) is 44.0 Å². The Hall–Kier alpha value is -1.96. The third-order valence-electron chi connectivity index (χ3n) is 5.39. The Labute approximate surface area is 166 Å². The molecule has 1 aliphatic rings. The molecule has 28 heavy (non-hydrogen) atoms. The van der Waals surface area contributed by atoms with Crippen LogP contribution in [0.5, 0.6) is 5.75 Å². The number of phenols is 1. The molecule has 0 aromatic heterocycles. The minimum absolute atomic E-state index is 0.00583. The smallest absolute Gasteiger partial charge is 0.243 e. The fraction of sp³-hybridized carbons (Fsp3) is 0.429. The van der Waals surface area contributed by atoms with Crippen LogP contribution in [0.3, 0.4) is 0 Å². The molecule has 0 aliphatic carbocycles. The lowest BCUT2D eigenvalue weighted by Crippen LogP contribution is -3.13. The van der Waals surface area contributed by atoms with E-state index in [1.165, 1.54) is 33.0 Å². The van der Waals surface area contributed by atoms with Crippen LogP contribution in [0.15, 0.2) is 41.3 Å². The van der Waals surface area contributed by atoms with Crippen molar-refractivity contribution in [1.29, 1.82) is 0 Å². The molecule has 5 nitrogen and oxygen atoms in total. The molecule has 0 spiro atoms. The molecule has 152 valence electrons. The van der Waals surface area contributed by atoms with Crippen LogP contribution in [0.2, 0.25) is 0 Å². The summed E-state index contributed by atoms with van der Waals surface area (Å²) in [4.78, 5) is 1.22. The highest BCUT2D eigenvalue weighted by Gasteiger charge is 2.31. The van der Waals surface area contributed by atoms with E-state index in [1.807, 2.05) is 13.0 Å². The number of halogens is 1. The maximum atomic E-state index is 13.4. The lowest BCUT2D eigenvalue weighted by molar-refractivity contribution is -0.917. The Balaban J connectivity index is 1.69. The first-order valence-electron chi connectivity index (χ1n) is 9.60. The molecular formula is C21H28FN2O3S+. The molecule has 1 saturated heterocycles. The van der Waals surface area contributed by atoms with E-state index in [2.05, 4.69) is 19.9 Å². The number of nitrogens with zero attached hydrogens (tertiary/aromatic N) is 1. The van der Waals surface area contributed by atoms with Crippen LogP contribution < -0.4 is 4.90 Å². The Bertz CT molecular complexity index is 952. The molecule has 1 heterocycles. The van der Waals surface area contributed by atoms with E-state index < -0.39 is 15.8 Å². The molecule has 2 aromatic rings. The lowest BCUT2D eigenvalue weighted by atomic mass is 9.95. The summed E-state index contributed by atoms with van der Waals surface area (Å²) in [6.07, 6.45) is 0. The summed E-state index contributed by atoms with van der Waals surface area (Å²) in [5.41, 5.74) is 3.20. The summed E-state index contributed by atoms with van der Waals surface area (Å²) in [5, 5.41) is 10.3. The molecule has 1 fully saturated rings. The predicted octanol–water partition coefficient (Wildman–Crippen LogP) is 2.05. The molecule has 2 aromatic carbocycles. The van der Waals surface area contributed by atoms with Crippen LogP contribution >= 0.6 is 0 Å². The van der Waals surface area contributed by atoms with Crippen molar-refractivity contribution in [2.24, 2.45) is 0 Å². The molecular weight excluding hydrogens is 379 g/mol. The van der Waals surface area contributed by atoms with E-state index in [1.54, 1.807) is 0 Å². The van der Waals surface area contributed by atoms with E-state index in [9.17, 15) is 17.9 Å². The summed E-state index contributed by atoms with van der Waals surface area (Å²) in [6, 6.07) is 9.02. The number of rotatable bonds is 5. The number of nitrogens with one attached hydrogen (secondary N) is 1. The Kier molecular flexibility index (Phi) is 6.07. The third-order valence-corrected chi connectivity index (χ3v) is 7.29. The summed E-state index contributed by atoms with van der Waals surface area (Å²) >= 11 is 0. The van der Waals surface area contributed by atoms with Gasteiger partial charge in [0.25, 0.3) is 0 Å². The summed E-state index contributed by atoms with van der Waals surface area (Å²) in [7, 11) is -3.68. The summed E-state index contributed by atoms with van der Waals surface area (Å²) in [6.45, 7) is 8.94. The molecule has 0 amide bonds. The largest absolute Gasteiger partial charge is 0.507 e. The van der Waals surface area contributed by atoms with Crippen molar-refractivity contribution < 1.29 is 22.8 Å². The SMILES string of the molecule is Cc1cc(O)c(C[NH+]2CCN(S(=O)(=O)c3cccc(F)c3)CC2)cc1C(C)C. The summed E-state index contributed by atoms with van der Waals surface area (Å²) < 4.78 is 40.3. The standard InChI is InChI=1S/C21H27FN2O3S/c1-15(2)20-12-17(21(25)11-16(20)3)14-23-7-9-24(10-8-23)28(26,27)19-6-4-5-18(22)13-19/h4-6,11-13,15,25H,7-10,14H2,1-3H3/p+1. The van der Waals surface area contributed by atoms with E-state index in [4.69, 9.17) is 0 Å². The molecule has 0 radical (unpaired) electrons. The highest BCUT2D eigenvalue weighted by molar-refractivity contribution is 7.89. The number of piperazine rings is 1. The maximum Gasteiger partial charge on any atom is 0.243 e. The topological polar surface area (TPSA) is 62.1 Å². The Morgan fingerprint density at radius 2 is 1.86 bits per heavy atom. The van der Waals surface area contributed by atoms with Crippen molar-refractivity contribution in [3.05, 3.63) is 58.9 Å². The highest BCUT2D eigenvalue weighted by atomic mass is 32.2. The number of aryl methyl sites for hydroxylation is 1. The monoisotopic (exact) mass is 407 g/mol. The molecule has 0 atom stereocenters. The number of sulfonamides is 1. The van der Waals surface area contributed by atoms with Gasteiger partial charge in [-0.15, -0.1) is 0 Å². The molecule has 0 bridgehead atoms. The van der Waals surface area contributed by atoms with Crippen LogP contribution in [0.1, 0.15) is 36.5 Å². The first-order chi connectivity index (χ1) is 13.2. The molecule has 2 N–H and O–H groups in total. The van der Waals surface area contributed by atoms with Gasteiger partial charge in [0.05, 0.1) is 31.1 Å². The Morgan fingerprint density at radius 3 is 2.46 bits per heavy atom. The number of aromatic hydroxyl groups is 1. The second kappa shape index (κ2) is 8.19. The van der Waals surface area contributed by atoms with Gasteiger partial charge in [0.15, 0.2) is 0 Å². The van der Waals surface area contributed by atoms with Crippen molar-refractivity contribution >= 4 is 10.0 Å². The number of phenolic OH excluding ortho intramolecular Hbond substituents is 1. The molecule has 7 heteroatoms. The van der Waals surface area contributed by atoms with Gasteiger partial charge in [0.2, 0.25) is 10.0 Å². The number of hydrogen-bond acceptors (Lipinski definition) is 3. The zero-order valence-electron chi connectivity index (χ0n) is 16.6. The van der Waals surface area contributed by atoms with Gasteiger partial charge in [0.1, 0.15) is 18.1 Å². The first kappa shape index (κ1) is 20.8. The van der Waals surface area contributed by atoms with Gasteiger partial charge in [-0.05, 0) is 54.3 Å². The molecule has 3 rings (SSSR count). The van der Waals surface area contributed by atoms with Gasteiger partial charge in [-0.3, -0.25) is 0 Å². The van der Waals surface area contributed by atoms with Gasteiger partial charge in [-0.1, -0.05) is 19.9 Å². The lowest BCUT2D eigenvalue weighted by Gasteiger charge is -2.31. The fourth-order valence-corrected chi connectivity index (χ4v) is 5.26. The number of benzene rings is 2. The quantitative estimate of drug-likeness (QED) is 0.798. The van der Waals surface area contributed by atoms with E-state index in [0.717, 1.165) is 17.2 Å². The van der Waals surface area contributed by atoms with E-state index in [-0.39, 0.29) is 4.90 Å². The fourth-order valence-electron chi connectivity index (χ4n) is 3.79. The van der Waals surface area contributed by atoms with Crippen molar-refractivity contribution in [2.75, 3.05) is 26.2 Å². The average Bonchev–Trinajstić information content (AvgIpc) is 2.64.